The first-order chi connectivity index (χ1) is 15.3. The monoisotopic (exact) mass is 454 g/mol. The number of nitrogens with zero attached hydrogens (tertiary/aromatic N) is 1. The second-order valence-corrected chi connectivity index (χ2v) is 8.87. The standard InChI is InChI=1S/C24H26N2O5S/c1-4-31-20-13-11-19(12-14-20)26(32(28,29)21-8-6-5-7-9-21)17-24(27)25-22-16-18(2)10-15-23(22)30-3/h5-16H,4,17H2,1-3H3,(H,25,27). The first-order valence-electron chi connectivity index (χ1n) is 10.1. The van der Waals surface area contributed by atoms with Gasteiger partial charge in [0.15, 0.2) is 0 Å². The maximum atomic E-state index is 13.4. The van der Waals surface area contributed by atoms with Crippen molar-refractivity contribution >= 4 is 27.3 Å². The van der Waals surface area contributed by atoms with E-state index in [4.69, 9.17) is 9.47 Å². The highest BCUT2D eigenvalue weighted by molar-refractivity contribution is 7.92. The van der Waals surface area contributed by atoms with E-state index in [0.717, 1.165) is 9.87 Å². The molecule has 7 nitrogen and oxygen atoms in total. The Morgan fingerprint density at radius 3 is 2.31 bits per heavy atom. The van der Waals surface area contributed by atoms with Gasteiger partial charge in [0.05, 0.1) is 30.0 Å². The highest BCUT2D eigenvalue weighted by atomic mass is 32.2. The van der Waals surface area contributed by atoms with Gasteiger partial charge >= 0.3 is 0 Å². The molecule has 168 valence electrons. The summed E-state index contributed by atoms with van der Waals surface area (Å²) in [5.41, 5.74) is 1.76. The number of hydrogen-bond acceptors (Lipinski definition) is 5. The first-order valence-corrected chi connectivity index (χ1v) is 11.5. The van der Waals surface area contributed by atoms with Gasteiger partial charge in [-0.2, -0.15) is 0 Å². The number of hydrogen-bond donors (Lipinski definition) is 1. The molecule has 0 aliphatic carbocycles. The molecule has 0 unspecified atom stereocenters. The van der Waals surface area contributed by atoms with Gasteiger partial charge in [-0.1, -0.05) is 24.3 Å². The third kappa shape index (κ3) is 5.39. The highest BCUT2D eigenvalue weighted by Gasteiger charge is 2.27. The van der Waals surface area contributed by atoms with Crippen LogP contribution in [-0.4, -0.2) is 34.6 Å². The summed E-state index contributed by atoms with van der Waals surface area (Å²) in [5.74, 6) is 0.604. The molecule has 0 saturated heterocycles. The van der Waals surface area contributed by atoms with Gasteiger partial charge in [-0.25, -0.2) is 8.42 Å². The molecule has 0 radical (unpaired) electrons. The number of aryl methyl sites for hydroxylation is 1. The lowest BCUT2D eigenvalue weighted by atomic mass is 10.2. The normalized spacial score (nSPS) is 11.0. The van der Waals surface area contributed by atoms with E-state index in [1.807, 2.05) is 19.9 Å². The SMILES string of the molecule is CCOc1ccc(N(CC(=O)Nc2cc(C)ccc2OC)S(=O)(=O)c2ccccc2)cc1. The Kier molecular flexibility index (Phi) is 7.37. The third-order valence-corrected chi connectivity index (χ3v) is 6.47. The number of nitrogens with one attached hydrogen (secondary N) is 1. The van der Waals surface area contributed by atoms with Gasteiger partial charge in [-0.05, 0) is 67.9 Å². The average molecular weight is 455 g/mol. The highest BCUT2D eigenvalue weighted by Crippen LogP contribution is 2.28. The summed E-state index contributed by atoms with van der Waals surface area (Å²) >= 11 is 0. The Morgan fingerprint density at radius 1 is 1.00 bits per heavy atom. The topological polar surface area (TPSA) is 84.9 Å². The number of amides is 1. The molecule has 32 heavy (non-hydrogen) atoms. The molecule has 0 spiro atoms. The van der Waals surface area contributed by atoms with E-state index in [9.17, 15) is 13.2 Å². The summed E-state index contributed by atoms with van der Waals surface area (Å²) in [6.45, 7) is 3.83. The van der Waals surface area contributed by atoms with Gasteiger partial charge in [0.1, 0.15) is 18.0 Å². The second kappa shape index (κ2) is 10.2. The molecule has 3 rings (SSSR count). The molecule has 3 aromatic carbocycles. The molecule has 8 heteroatoms. The number of rotatable bonds is 9. The quantitative estimate of drug-likeness (QED) is 0.523. The minimum absolute atomic E-state index is 0.0924. The molecule has 0 aliphatic rings. The molecule has 3 aromatic rings. The van der Waals surface area contributed by atoms with Crippen molar-refractivity contribution in [2.24, 2.45) is 0 Å². The van der Waals surface area contributed by atoms with E-state index < -0.39 is 22.5 Å². The van der Waals surface area contributed by atoms with E-state index in [1.54, 1.807) is 54.6 Å². The zero-order valence-electron chi connectivity index (χ0n) is 18.2. The maximum Gasteiger partial charge on any atom is 0.264 e. The molecule has 0 bridgehead atoms. The van der Waals surface area contributed by atoms with Crippen LogP contribution in [-0.2, 0) is 14.8 Å². The Balaban J connectivity index is 1.94. The number of carbonyl (C=O) groups is 1. The van der Waals surface area contributed by atoms with Crippen LogP contribution in [0.5, 0.6) is 11.5 Å². The van der Waals surface area contributed by atoms with Gasteiger partial charge in [0, 0.05) is 0 Å². The summed E-state index contributed by atoms with van der Waals surface area (Å²) in [5, 5.41) is 2.76. The Hall–Kier alpha value is -3.52. The van der Waals surface area contributed by atoms with Crippen molar-refractivity contribution in [1.29, 1.82) is 0 Å². The van der Waals surface area contributed by atoms with Crippen LogP contribution in [0.4, 0.5) is 11.4 Å². The van der Waals surface area contributed by atoms with Crippen LogP contribution in [0.2, 0.25) is 0 Å². The van der Waals surface area contributed by atoms with Crippen molar-refractivity contribution in [2.45, 2.75) is 18.7 Å². The zero-order chi connectivity index (χ0) is 23.1. The maximum absolute atomic E-state index is 13.4. The van der Waals surface area contributed by atoms with Crippen LogP contribution < -0.4 is 19.1 Å². The molecule has 0 atom stereocenters. The fourth-order valence-electron chi connectivity index (χ4n) is 3.15. The van der Waals surface area contributed by atoms with Crippen LogP contribution in [0.15, 0.2) is 77.7 Å². The zero-order valence-corrected chi connectivity index (χ0v) is 19.1. The summed E-state index contributed by atoms with van der Waals surface area (Å²) in [4.78, 5) is 13.0. The van der Waals surface area contributed by atoms with E-state index >= 15 is 0 Å². The number of methoxy groups -OCH3 is 1. The number of anilines is 2. The van der Waals surface area contributed by atoms with Crippen molar-refractivity contribution in [3.05, 3.63) is 78.4 Å². The average Bonchev–Trinajstić information content (AvgIpc) is 2.79. The lowest BCUT2D eigenvalue weighted by molar-refractivity contribution is -0.114. The Morgan fingerprint density at radius 2 is 1.69 bits per heavy atom. The summed E-state index contributed by atoms with van der Waals surface area (Å²) < 4.78 is 38.6. The van der Waals surface area contributed by atoms with Crippen molar-refractivity contribution in [2.75, 3.05) is 29.9 Å². The van der Waals surface area contributed by atoms with Crippen LogP contribution in [0.1, 0.15) is 12.5 Å². The molecule has 0 heterocycles. The second-order valence-electron chi connectivity index (χ2n) is 7.00. The van der Waals surface area contributed by atoms with E-state index in [0.29, 0.717) is 29.5 Å². The van der Waals surface area contributed by atoms with E-state index in [2.05, 4.69) is 5.32 Å². The van der Waals surface area contributed by atoms with Crippen LogP contribution in [0.3, 0.4) is 0 Å². The van der Waals surface area contributed by atoms with E-state index in [-0.39, 0.29) is 4.90 Å². The minimum Gasteiger partial charge on any atom is -0.495 e. The molecule has 1 amide bonds. The van der Waals surface area contributed by atoms with Gasteiger partial charge in [-0.3, -0.25) is 9.10 Å². The fourth-order valence-corrected chi connectivity index (χ4v) is 4.59. The molecular weight excluding hydrogens is 428 g/mol. The Bertz CT molecular complexity index is 1160. The summed E-state index contributed by atoms with van der Waals surface area (Å²) in [7, 11) is -2.48. The predicted octanol–water partition coefficient (Wildman–Crippen LogP) is 4.24. The largest absolute Gasteiger partial charge is 0.495 e. The van der Waals surface area contributed by atoms with Crippen molar-refractivity contribution in [3.8, 4) is 11.5 Å². The lowest BCUT2D eigenvalue weighted by Crippen LogP contribution is -2.38. The molecule has 0 aliphatic heterocycles. The van der Waals surface area contributed by atoms with Crippen LogP contribution >= 0.6 is 0 Å². The van der Waals surface area contributed by atoms with Gasteiger partial charge < -0.3 is 14.8 Å². The van der Waals surface area contributed by atoms with Crippen molar-refractivity contribution in [3.63, 3.8) is 0 Å². The molecule has 0 fully saturated rings. The molecule has 0 saturated carbocycles. The predicted molar refractivity (Wildman–Crippen MR) is 125 cm³/mol. The summed E-state index contributed by atoms with van der Waals surface area (Å²) in [6, 6.07) is 20.0. The number of benzene rings is 3. The van der Waals surface area contributed by atoms with Crippen LogP contribution in [0.25, 0.3) is 0 Å². The summed E-state index contributed by atoms with van der Waals surface area (Å²) in [6.07, 6.45) is 0. The van der Waals surface area contributed by atoms with Gasteiger partial charge in [-0.15, -0.1) is 0 Å². The number of ether oxygens (including phenoxy) is 2. The van der Waals surface area contributed by atoms with Gasteiger partial charge in [0.25, 0.3) is 10.0 Å². The third-order valence-electron chi connectivity index (χ3n) is 4.68. The number of sulfonamides is 1. The van der Waals surface area contributed by atoms with Crippen LogP contribution in [0, 0.1) is 6.92 Å². The van der Waals surface area contributed by atoms with E-state index in [1.165, 1.54) is 19.2 Å². The molecule has 1 N–H and O–H groups in total. The fraction of sp³-hybridized carbons (Fsp3) is 0.208. The Labute approximate surface area is 188 Å². The smallest absolute Gasteiger partial charge is 0.264 e. The lowest BCUT2D eigenvalue weighted by Gasteiger charge is -2.24. The first kappa shape index (κ1) is 23.1. The van der Waals surface area contributed by atoms with Crippen molar-refractivity contribution in [1.82, 2.24) is 0 Å². The van der Waals surface area contributed by atoms with Crippen molar-refractivity contribution < 1.29 is 22.7 Å². The molecular formula is C24H26N2O5S. The van der Waals surface area contributed by atoms with Gasteiger partial charge in [0.2, 0.25) is 5.91 Å². The number of carbonyl (C=O) groups excluding carboxylic acids is 1. The molecule has 0 aromatic heterocycles. The minimum atomic E-state index is -3.99.